The van der Waals surface area contributed by atoms with E-state index in [9.17, 15) is 0 Å². The summed E-state index contributed by atoms with van der Waals surface area (Å²) in [4.78, 5) is 35.5. The van der Waals surface area contributed by atoms with Crippen LogP contribution in [0, 0.1) is 55.5 Å². The molecule has 0 aliphatic rings. The maximum absolute atomic E-state index is 6.03. The van der Waals surface area contributed by atoms with Gasteiger partial charge in [-0.1, -0.05) is 223 Å². The van der Waals surface area contributed by atoms with Crippen LogP contribution >= 0.6 is 0 Å². The van der Waals surface area contributed by atoms with Crippen molar-refractivity contribution in [1.29, 1.82) is 0 Å². The normalized spacial score (nSPS) is 11.0. The molecular weight excluding hydrogens is 2560 g/mol. The Balaban J connectivity index is 0.000000140. The van der Waals surface area contributed by atoms with E-state index in [4.69, 9.17) is 22.7 Å². The van der Waals surface area contributed by atoms with E-state index >= 15 is 0 Å². The standard InChI is InChI=1S/4C20H18NOSi.C12H10N.3C11H8N.4Ir/c1-23(2,3)20-11-7-5-9-15(20)17-12-16-14-8-4-6-10-18(14)22-19(16)13-21-17;1-23(2,3)15-8-6-7-14(11-15)18-12-17-16-9-4-5-10-19(16)22-20(17)13-21-18;1-23(2,3)20-18-15-11-7-8-12-16(15)22-17(18)13-21-19(20)14-9-5-4-6-10-14;1-23(2,3)15-10-8-14(9-11-15)18-12-17-16-6-4-5-7-19(16)22-20(17)13-21-18;1-10-7-8-12(13-9-10)11-5-3-2-4-6-11;3*1-2-6-10(7-3-1)11-8-4-5-9-12-11;;;;/h4-8,10-13H,1-3H3;4-10,12-13H,1-3H3;4-9,11-13H,1-3H3;4-8,10-13H,1-3H3;2-5,7-9H,1H3;3*1-6,8-9H;;;;/q8*-1;;;;. The van der Waals surface area contributed by atoms with Crippen LogP contribution in [0.2, 0.25) is 78.6 Å². The van der Waals surface area contributed by atoms with Gasteiger partial charge in [0.2, 0.25) is 0 Å². The average Bonchev–Trinajstić information content (AvgIpc) is 1.59. The van der Waals surface area contributed by atoms with Gasteiger partial charge >= 0.3 is 0 Å². The summed E-state index contributed by atoms with van der Waals surface area (Å²) in [6.45, 7) is 30.2. The summed E-state index contributed by atoms with van der Waals surface area (Å²) in [5.74, 6) is 0. The van der Waals surface area contributed by atoms with E-state index in [-0.39, 0.29) is 80.4 Å². The van der Waals surface area contributed by atoms with Crippen LogP contribution in [0.15, 0.2) is 425 Å². The first-order valence-corrected chi connectivity index (χ1v) is 61.1. The Morgan fingerprint density at radius 2 is 0.600 bits per heavy atom. The molecule has 145 heavy (non-hydrogen) atoms. The summed E-state index contributed by atoms with van der Waals surface area (Å²) in [5.41, 5.74) is 24.4. The molecule has 0 spiro atoms. The first kappa shape index (κ1) is 109. The summed E-state index contributed by atoms with van der Waals surface area (Å²) in [6.07, 6.45) is 14.6. The Kier molecular flexibility index (Phi) is 37.8. The molecule has 20 heteroatoms. The Labute approximate surface area is 907 Å². The second-order valence-corrected chi connectivity index (χ2v) is 58.1. The van der Waals surface area contributed by atoms with Gasteiger partial charge in [0.1, 0.15) is 22.3 Å². The molecule has 0 aliphatic heterocycles. The summed E-state index contributed by atoms with van der Waals surface area (Å²) in [6, 6.07) is 145. The number of fused-ring (bicyclic) bond motifs is 12. The van der Waals surface area contributed by atoms with Gasteiger partial charge in [0.25, 0.3) is 0 Å². The van der Waals surface area contributed by atoms with Gasteiger partial charge in [-0.25, -0.2) is 0 Å². The first-order chi connectivity index (χ1) is 68.4. The summed E-state index contributed by atoms with van der Waals surface area (Å²) < 4.78 is 23.6. The monoisotopic (exact) mass is 2670 g/mol. The topological polar surface area (TPSA) is 156 Å². The third-order valence-electron chi connectivity index (χ3n) is 23.5. The second kappa shape index (κ2) is 50.3. The van der Waals surface area contributed by atoms with Gasteiger partial charge in [-0.3, -0.25) is 0 Å². The fourth-order valence-corrected chi connectivity index (χ4v) is 22.0. The Hall–Kier alpha value is -13.5. The van der Waals surface area contributed by atoms with Gasteiger partial charge in [-0.05, 0) is 101 Å². The second-order valence-electron chi connectivity index (χ2n) is 38.0. The van der Waals surface area contributed by atoms with Gasteiger partial charge in [0.15, 0.2) is 22.3 Å². The predicted octanol–water partition coefficient (Wildman–Crippen LogP) is 30.5. The molecule has 24 aromatic rings. The van der Waals surface area contributed by atoms with Crippen LogP contribution in [0.25, 0.3) is 178 Å². The van der Waals surface area contributed by atoms with E-state index in [0.29, 0.717) is 0 Å². The fraction of sp³-hybridized carbons (Fsp3) is 0.104. The van der Waals surface area contributed by atoms with Crippen molar-refractivity contribution in [2.45, 2.75) is 85.5 Å². The number of benzene rings is 12. The van der Waals surface area contributed by atoms with Crippen molar-refractivity contribution in [3.05, 3.63) is 462 Å². The molecule has 12 heterocycles. The number of pyridine rings is 8. The molecule has 24 rings (SSSR count). The van der Waals surface area contributed by atoms with Crippen molar-refractivity contribution >= 4 is 141 Å². The van der Waals surface area contributed by atoms with Crippen molar-refractivity contribution in [2.75, 3.05) is 0 Å². The van der Waals surface area contributed by atoms with Crippen LogP contribution in [-0.4, -0.2) is 72.2 Å². The Morgan fingerprint density at radius 1 is 0.234 bits per heavy atom. The van der Waals surface area contributed by atoms with Crippen LogP contribution in [0.5, 0.6) is 0 Å². The van der Waals surface area contributed by atoms with Crippen LogP contribution in [0.1, 0.15) is 5.56 Å². The number of rotatable bonds is 12. The maximum Gasteiger partial charge on any atom is 0.151 e. The number of aryl methyl sites for hydroxylation is 1. The summed E-state index contributed by atoms with van der Waals surface area (Å²) in [5, 5.41) is 14.6. The molecule has 4 radical (unpaired) electrons. The van der Waals surface area contributed by atoms with E-state index < -0.39 is 32.3 Å². The van der Waals surface area contributed by atoms with Crippen molar-refractivity contribution in [1.82, 2.24) is 39.9 Å². The molecule has 0 aliphatic carbocycles. The zero-order chi connectivity index (χ0) is 97.9. The summed E-state index contributed by atoms with van der Waals surface area (Å²) in [7, 11) is -5.79. The average molecular weight is 2670 g/mol. The fourth-order valence-electron chi connectivity index (χ4n) is 16.3. The number of hydrogen-bond acceptors (Lipinski definition) is 12. The Bertz CT molecular complexity index is 7970. The van der Waals surface area contributed by atoms with E-state index in [1.807, 2.05) is 287 Å². The molecule has 12 nitrogen and oxygen atoms in total. The predicted molar refractivity (Wildman–Crippen MR) is 594 cm³/mol. The van der Waals surface area contributed by atoms with Gasteiger partial charge in [-0.2, -0.15) is 0 Å². The third-order valence-corrected chi connectivity index (χ3v) is 31.5. The minimum atomic E-state index is -1.65. The van der Waals surface area contributed by atoms with Gasteiger partial charge < -0.3 is 57.5 Å². The van der Waals surface area contributed by atoms with Crippen LogP contribution < -0.4 is 20.7 Å². The number of aromatic nitrogens is 8. The molecule has 0 amide bonds. The van der Waals surface area contributed by atoms with Crippen molar-refractivity contribution in [3.63, 3.8) is 0 Å². The van der Waals surface area contributed by atoms with Crippen molar-refractivity contribution < 1.29 is 98.1 Å². The van der Waals surface area contributed by atoms with E-state index in [1.54, 1.807) is 18.6 Å². The largest absolute Gasteiger partial charge is 0.455 e. The van der Waals surface area contributed by atoms with E-state index in [0.717, 1.165) is 167 Å². The third kappa shape index (κ3) is 27.6. The molecule has 12 aromatic heterocycles. The molecule has 0 atom stereocenters. The zero-order valence-electron chi connectivity index (χ0n) is 82.7. The van der Waals surface area contributed by atoms with Gasteiger partial charge in [0, 0.05) is 164 Å². The van der Waals surface area contributed by atoms with E-state index in [1.165, 1.54) is 37.1 Å². The molecule has 0 bridgehead atoms. The number of para-hydroxylation sites is 4. The van der Waals surface area contributed by atoms with Crippen molar-refractivity contribution in [3.8, 4) is 90.1 Å². The van der Waals surface area contributed by atoms with Crippen LogP contribution in [0.3, 0.4) is 0 Å². The minimum Gasteiger partial charge on any atom is -0.455 e. The number of nitrogens with zero attached hydrogens (tertiary/aromatic N) is 8. The molecule has 0 fully saturated rings. The molecule has 0 saturated carbocycles. The van der Waals surface area contributed by atoms with Crippen molar-refractivity contribution in [2.24, 2.45) is 0 Å². The van der Waals surface area contributed by atoms with E-state index in [2.05, 4.69) is 271 Å². The molecule has 730 valence electrons. The molecule has 0 N–H and O–H groups in total. The summed E-state index contributed by atoms with van der Waals surface area (Å²) >= 11 is 0. The molecule has 0 saturated heterocycles. The Morgan fingerprint density at radius 3 is 0.993 bits per heavy atom. The molecule has 0 unspecified atom stereocenters. The van der Waals surface area contributed by atoms with Gasteiger partial charge in [0.05, 0.1) is 40.9 Å². The van der Waals surface area contributed by atoms with Gasteiger partial charge in [-0.15, -0.1) is 285 Å². The van der Waals surface area contributed by atoms with Crippen LogP contribution in [0.4, 0.5) is 0 Å². The molecular formula is C125H106Ir4N8O4Si4-8. The quantitative estimate of drug-likeness (QED) is 0.0844. The first-order valence-electron chi connectivity index (χ1n) is 47.1. The van der Waals surface area contributed by atoms with Crippen LogP contribution in [-0.2, 0) is 80.4 Å². The number of furan rings is 4. The minimum absolute atomic E-state index is 0. The smallest absolute Gasteiger partial charge is 0.151 e. The maximum atomic E-state index is 6.03. The zero-order valence-corrected chi connectivity index (χ0v) is 96.3. The SMILES string of the molecule is C[Si](C)(C)c1[c-]c(-c2cc3c(cn2)oc2ccccc23)ccc1.C[Si](C)(C)c1c(-c2[c-]cccc2)ncc2oc3ccccc3c12.C[Si](C)(C)c1c[c-]c(-c2cc3c(cn2)oc2ccccc23)cc1.C[Si](C)(C)c1ccc[c-]c1-c1cc2c(cn1)oc1ccccc12.Cc1ccc(-c2[c-]cccc2)nc1.[Ir].[Ir].[Ir].[Ir].[c-]1ccccc1-c1ccccn1.[c-]1ccccc1-c1ccccn1.[c-]1ccccc1-c1ccccn1. The molecule has 12 aromatic carbocycles. The number of hydrogen-bond donors (Lipinski definition) is 0.